The molecule has 1 saturated carbocycles. The van der Waals surface area contributed by atoms with Gasteiger partial charge in [0.25, 0.3) is 0 Å². The van der Waals surface area contributed by atoms with Gasteiger partial charge in [-0.1, -0.05) is 24.3 Å². The standard InChI is InChI=1S/C15H17F/c1-10-2-3-12(9-15(10)16)8-14-7-11-4-5-13(14)6-11/h2-5,9,11,13-14H,6-8H2,1H3. The van der Waals surface area contributed by atoms with Crippen LogP contribution in [0.5, 0.6) is 0 Å². The van der Waals surface area contributed by atoms with E-state index in [1.807, 2.05) is 13.0 Å². The van der Waals surface area contributed by atoms with Crippen LogP contribution in [0.25, 0.3) is 0 Å². The third-order valence-electron chi connectivity index (χ3n) is 4.15. The van der Waals surface area contributed by atoms with Gasteiger partial charge in [-0.2, -0.15) is 0 Å². The highest BCUT2D eigenvalue weighted by molar-refractivity contribution is 5.24. The van der Waals surface area contributed by atoms with Crippen LogP contribution in [0.2, 0.25) is 0 Å². The molecule has 0 aromatic heterocycles. The molecule has 0 spiro atoms. The molecule has 3 atom stereocenters. The maximum absolute atomic E-state index is 13.4. The fourth-order valence-electron chi connectivity index (χ4n) is 3.20. The molecule has 2 aliphatic carbocycles. The highest BCUT2D eigenvalue weighted by Crippen LogP contribution is 2.44. The van der Waals surface area contributed by atoms with E-state index in [0.29, 0.717) is 0 Å². The number of hydrogen-bond donors (Lipinski definition) is 0. The Hall–Kier alpha value is -1.11. The molecule has 1 aromatic rings. The predicted molar refractivity (Wildman–Crippen MR) is 63.7 cm³/mol. The van der Waals surface area contributed by atoms with Crippen molar-refractivity contribution in [1.82, 2.24) is 0 Å². The minimum absolute atomic E-state index is 0.0591. The van der Waals surface area contributed by atoms with E-state index in [1.54, 1.807) is 6.07 Å². The second-order valence-corrected chi connectivity index (χ2v) is 5.33. The van der Waals surface area contributed by atoms with E-state index in [2.05, 4.69) is 18.2 Å². The van der Waals surface area contributed by atoms with Gasteiger partial charge in [0.2, 0.25) is 0 Å². The van der Waals surface area contributed by atoms with Crippen molar-refractivity contribution in [3.8, 4) is 0 Å². The second kappa shape index (κ2) is 3.73. The van der Waals surface area contributed by atoms with Crippen LogP contribution < -0.4 is 0 Å². The van der Waals surface area contributed by atoms with Crippen molar-refractivity contribution in [3.63, 3.8) is 0 Å². The quantitative estimate of drug-likeness (QED) is 0.658. The van der Waals surface area contributed by atoms with E-state index < -0.39 is 0 Å². The first-order valence-electron chi connectivity index (χ1n) is 6.16. The third-order valence-corrected chi connectivity index (χ3v) is 4.15. The van der Waals surface area contributed by atoms with Gasteiger partial charge in [-0.05, 0) is 61.1 Å². The summed E-state index contributed by atoms with van der Waals surface area (Å²) in [6.45, 7) is 1.82. The molecule has 16 heavy (non-hydrogen) atoms. The van der Waals surface area contributed by atoms with E-state index in [9.17, 15) is 4.39 Å². The topological polar surface area (TPSA) is 0 Å². The molecule has 2 aliphatic rings. The average molecular weight is 216 g/mol. The maximum Gasteiger partial charge on any atom is 0.126 e. The molecule has 0 aliphatic heterocycles. The monoisotopic (exact) mass is 216 g/mol. The van der Waals surface area contributed by atoms with Crippen molar-refractivity contribution in [2.24, 2.45) is 17.8 Å². The summed E-state index contributed by atoms with van der Waals surface area (Å²) in [5, 5.41) is 0. The van der Waals surface area contributed by atoms with Gasteiger partial charge in [0.1, 0.15) is 5.82 Å². The van der Waals surface area contributed by atoms with Gasteiger partial charge in [0.05, 0.1) is 0 Å². The van der Waals surface area contributed by atoms with E-state index in [1.165, 1.54) is 12.8 Å². The zero-order valence-corrected chi connectivity index (χ0v) is 9.62. The molecule has 3 unspecified atom stereocenters. The van der Waals surface area contributed by atoms with Crippen LogP contribution in [0.15, 0.2) is 30.4 Å². The lowest BCUT2D eigenvalue weighted by molar-refractivity contribution is 0.444. The summed E-state index contributed by atoms with van der Waals surface area (Å²) < 4.78 is 13.4. The number of rotatable bonds is 2. The van der Waals surface area contributed by atoms with Gasteiger partial charge in [0.15, 0.2) is 0 Å². The summed E-state index contributed by atoms with van der Waals surface area (Å²) in [4.78, 5) is 0. The Morgan fingerprint density at radius 3 is 2.75 bits per heavy atom. The highest BCUT2D eigenvalue weighted by atomic mass is 19.1. The van der Waals surface area contributed by atoms with Crippen molar-refractivity contribution in [3.05, 3.63) is 47.3 Å². The first-order valence-corrected chi connectivity index (χ1v) is 6.16. The van der Waals surface area contributed by atoms with Gasteiger partial charge in [-0.3, -0.25) is 0 Å². The first-order chi connectivity index (χ1) is 7.72. The fraction of sp³-hybridized carbons (Fsp3) is 0.467. The first kappa shape index (κ1) is 10.1. The van der Waals surface area contributed by atoms with E-state index in [0.717, 1.165) is 35.3 Å². The minimum atomic E-state index is -0.0591. The molecular formula is C15H17F. The van der Waals surface area contributed by atoms with Gasteiger partial charge >= 0.3 is 0 Å². The molecule has 0 N–H and O–H groups in total. The van der Waals surface area contributed by atoms with Crippen LogP contribution in [0, 0.1) is 30.5 Å². The van der Waals surface area contributed by atoms with Crippen molar-refractivity contribution in [1.29, 1.82) is 0 Å². The number of fused-ring (bicyclic) bond motifs is 2. The molecule has 1 aromatic carbocycles. The smallest absolute Gasteiger partial charge is 0.126 e. The molecule has 1 heteroatoms. The van der Waals surface area contributed by atoms with Crippen molar-refractivity contribution in [2.75, 3.05) is 0 Å². The lowest BCUT2D eigenvalue weighted by atomic mass is 9.87. The highest BCUT2D eigenvalue weighted by Gasteiger charge is 2.35. The molecule has 0 heterocycles. The molecule has 0 radical (unpaired) electrons. The van der Waals surface area contributed by atoms with Crippen LogP contribution >= 0.6 is 0 Å². The average Bonchev–Trinajstić information content (AvgIpc) is 2.85. The van der Waals surface area contributed by atoms with Crippen LogP contribution in [0.3, 0.4) is 0 Å². The Morgan fingerprint density at radius 2 is 2.12 bits per heavy atom. The molecule has 0 saturated heterocycles. The largest absolute Gasteiger partial charge is 0.207 e. The Bertz CT molecular complexity index is 433. The van der Waals surface area contributed by atoms with Crippen LogP contribution in [0.1, 0.15) is 24.0 Å². The summed E-state index contributed by atoms with van der Waals surface area (Å²) >= 11 is 0. The maximum atomic E-state index is 13.4. The van der Waals surface area contributed by atoms with Crippen molar-refractivity contribution in [2.45, 2.75) is 26.2 Å². The minimum Gasteiger partial charge on any atom is -0.207 e. The van der Waals surface area contributed by atoms with E-state index in [4.69, 9.17) is 0 Å². The fourth-order valence-corrected chi connectivity index (χ4v) is 3.20. The molecule has 1 fully saturated rings. The summed E-state index contributed by atoms with van der Waals surface area (Å²) in [5.41, 5.74) is 1.91. The number of halogens is 1. The van der Waals surface area contributed by atoms with Gasteiger partial charge in [-0.15, -0.1) is 0 Å². The Kier molecular flexibility index (Phi) is 2.34. The SMILES string of the molecule is Cc1ccc(CC2CC3C=CC2C3)cc1F. The molecule has 0 nitrogen and oxygen atoms in total. The summed E-state index contributed by atoms with van der Waals surface area (Å²) in [6.07, 6.45) is 8.40. The Labute approximate surface area is 96.2 Å². The number of hydrogen-bond acceptors (Lipinski definition) is 0. The number of benzene rings is 1. The van der Waals surface area contributed by atoms with Crippen molar-refractivity contribution < 1.29 is 4.39 Å². The molecule has 84 valence electrons. The zero-order valence-electron chi connectivity index (χ0n) is 9.62. The van der Waals surface area contributed by atoms with Gasteiger partial charge in [0, 0.05) is 0 Å². The third kappa shape index (κ3) is 1.68. The van der Waals surface area contributed by atoms with Crippen molar-refractivity contribution >= 4 is 0 Å². The number of aryl methyl sites for hydroxylation is 1. The van der Waals surface area contributed by atoms with E-state index in [-0.39, 0.29) is 5.82 Å². The van der Waals surface area contributed by atoms with Gasteiger partial charge < -0.3 is 0 Å². The summed E-state index contributed by atoms with van der Waals surface area (Å²) in [5.74, 6) is 2.26. The predicted octanol–water partition coefficient (Wildman–Crippen LogP) is 3.89. The Balaban J connectivity index is 1.75. The zero-order chi connectivity index (χ0) is 11.1. The molecule has 2 bridgehead atoms. The van der Waals surface area contributed by atoms with Gasteiger partial charge in [-0.25, -0.2) is 4.39 Å². The summed E-state index contributed by atoms with van der Waals surface area (Å²) in [6, 6.07) is 5.69. The lowest BCUT2D eigenvalue weighted by Gasteiger charge is -2.18. The van der Waals surface area contributed by atoms with Crippen LogP contribution in [0.4, 0.5) is 4.39 Å². The lowest BCUT2D eigenvalue weighted by Crippen LogP contribution is -2.10. The molecule has 3 rings (SSSR count). The van der Waals surface area contributed by atoms with Crippen LogP contribution in [-0.2, 0) is 6.42 Å². The normalized spacial score (nSPS) is 31.2. The summed E-state index contributed by atoms with van der Waals surface area (Å²) in [7, 11) is 0. The van der Waals surface area contributed by atoms with E-state index >= 15 is 0 Å². The second-order valence-electron chi connectivity index (χ2n) is 5.33. The van der Waals surface area contributed by atoms with Crippen LogP contribution in [-0.4, -0.2) is 0 Å². The Morgan fingerprint density at radius 1 is 1.25 bits per heavy atom. The molecule has 0 amide bonds. The number of allylic oxidation sites excluding steroid dienone is 2. The molecular weight excluding hydrogens is 199 g/mol.